The van der Waals surface area contributed by atoms with E-state index in [0.29, 0.717) is 18.8 Å². The van der Waals surface area contributed by atoms with Gasteiger partial charge in [0.2, 0.25) is 0 Å². The third-order valence-electron chi connectivity index (χ3n) is 3.82. The first kappa shape index (κ1) is 15.8. The molecular formula is C17H17BrFN3O. The van der Waals surface area contributed by atoms with Crippen molar-refractivity contribution in [2.75, 3.05) is 36.4 Å². The van der Waals surface area contributed by atoms with Crippen LogP contribution in [0, 0.1) is 5.82 Å². The van der Waals surface area contributed by atoms with Crippen molar-refractivity contribution in [1.82, 2.24) is 4.90 Å². The van der Waals surface area contributed by atoms with Crippen LogP contribution in [-0.2, 0) is 0 Å². The highest BCUT2D eigenvalue weighted by molar-refractivity contribution is 9.10. The molecule has 1 N–H and O–H groups in total. The van der Waals surface area contributed by atoms with Crippen LogP contribution in [0.1, 0.15) is 0 Å². The van der Waals surface area contributed by atoms with Crippen molar-refractivity contribution >= 4 is 33.3 Å². The molecule has 0 bridgehead atoms. The van der Waals surface area contributed by atoms with E-state index in [2.05, 4.69) is 38.3 Å². The monoisotopic (exact) mass is 377 g/mol. The first-order valence-electron chi connectivity index (χ1n) is 7.44. The molecule has 3 rings (SSSR count). The highest BCUT2D eigenvalue weighted by Gasteiger charge is 2.21. The number of hydrogen-bond donors (Lipinski definition) is 1. The fourth-order valence-corrected chi connectivity index (χ4v) is 3.00. The fourth-order valence-electron chi connectivity index (χ4n) is 2.61. The lowest BCUT2D eigenvalue weighted by molar-refractivity contribution is 0.208. The lowest BCUT2D eigenvalue weighted by atomic mass is 10.2. The van der Waals surface area contributed by atoms with Crippen molar-refractivity contribution in [3.05, 3.63) is 58.8 Å². The minimum atomic E-state index is -0.359. The molecule has 6 heteroatoms. The number of carbonyl (C=O) groups excluding carboxylic acids is 1. The average Bonchev–Trinajstić information content (AvgIpc) is 2.55. The summed E-state index contributed by atoms with van der Waals surface area (Å²) in [6, 6.07) is 13.9. The Kier molecular flexibility index (Phi) is 4.81. The Morgan fingerprint density at radius 2 is 1.78 bits per heavy atom. The normalized spacial score (nSPS) is 14.7. The minimum Gasteiger partial charge on any atom is -0.368 e. The Labute approximate surface area is 143 Å². The lowest BCUT2D eigenvalue weighted by Gasteiger charge is -2.36. The maximum atomic E-state index is 13.2. The number of nitrogens with zero attached hydrogens (tertiary/aromatic N) is 2. The summed E-state index contributed by atoms with van der Waals surface area (Å²) in [7, 11) is 0. The predicted octanol–water partition coefficient (Wildman–Crippen LogP) is 3.94. The zero-order chi connectivity index (χ0) is 16.2. The number of piperazine rings is 1. The second-order valence-electron chi connectivity index (χ2n) is 5.39. The van der Waals surface area contributed by atoms with E-state index < -0.39 is 0 Å². The van der Waals surface area contributed by atoms with Gasteiger partial charge in [-0.15, -0.1) is 0 Å². The van der Waals surface area contributed by atoms with E-state index in [4.69, 9.17) is 0 Å². The Balaban J connectivity index is 1.57. The molecular weight excluding hydrogens is 361 g/mol. The number of carbonyl (C=O) groups is 1. The second-order valence-corrected chi connectivity index (χ2v) is 6.31. The Hall–Kier alpha value is -2.08. The van der Waals surface area contributed by atoms with E-state index >= 15 is 0 Å². The molecule has 1 heterocycles. The maximum absolute atomic E-state index is 13.2. The summed E-state index contributed by atoms with van der Waals surface area (Å²) in [4.78, 5) is 16.2. The number of urea groups is 1. The number of hydrogen-bond acceptors (Lipinski definition) is 2. The summed E-state index contributed by atoms with van der Waals surface area (Å²) in [5.74, 6) is -0.359. The van der Waals surface area contributed by atoms with Gasteiger partial charge < -0.3 is 15.1 Å². The van der Waals surface area contributed by atoms with Crippen LogP contribution < -0.4 is 10.2 Å². The number of amides is 2. The smallest absolute Gasteiger partial charge is 0.321 e. The zero-order valence-corrected chi connectivity index (χ0v) is 14.1. The Bertz CT molecular complexity index is 702. The maximum Gasteiger partial charge on any atom is 0.321 e. The molecule has 1 saturated heterocycles. The van der Waals surface area contributed by atoms with Crippen molar-refractivity contribution in [2.45, 2.75) is 0 Å². The molecule has 0 saturated carbocycles. The van der Waals surface area contributed by atoms with E-state index in [0.717, 1.165) is 23.2 Å². The third kappa shape index (κ3) is 4.01. The van der Waals surface area contributed by atoms with E-state index in [1.165, 1.54) is 12.1 Å². The van der Waals surface area contributed by atoms with Gasteiger partial charge in [0.05, 0.1) is 0 Å². The molecule has 0 aliphatic carbocycles. The van der Waals surface area contributed by atoms with Gasteiger partial charge in [0.15, 0.2) is 0 Å². The van der Waals surface area contributed by atoms with Crippen molar-refractivity contribution < 1.29 is 9.18 Å². The summed E-state index contributed by atoms with van der Waals surface area (Å²) in [5, 5.41) is 2.74. The molecule has 0 unspecified atom stereocenters. The Morgan fingerprint density at radius 3 is 2.48 bits per heavy atom. The van der Waals surface area contributed by atoms with Crippen LogP contribution in [0.5, 0.6) is 0 Å². The summed E-state index contributed by atoms with van der Waals surface area (Å²) in [6.45, 7) is 2.81. The number of halogens is 2. The highest BCUT2D eigenvalue weighted by Crippen LogP contribution is 2.21. The third-order valence-corrected chi connectivity index (χ3v) is 4.31. The molecule has 23 heavy (non-hydrogen) atoms. The van der Waals surface area contributed by atoms with E-state index in [9.17, 15) is 9.18 Å². The van der Waals surface area contributed by atoms with Crippen molar-refractivity contribution in [2.24, 2.45) is 0 Å². The van der Waals surface area contributed by atoms with Gasteiger partial charge in [0, 0.05) is 42.0 Å². The standard InChI is InChI=1S/C17H17BrFN3O/c18-13-3-1-6-16(11-13)21-7-9-22(10-8-21)17(23)20-15-5-2-4-14(19)12-15/h1-6,11-12H,7-10H2,(H,20,23). The molecule has 1 aliphatic heterocycles. The summed E-state index contributed by atoms with van der Waals surface area (Å²) < 4.78 is 14.2. The number of anilines is 2. The van der Waals surface area contributed by atoms with E-state index in [-0.39, 0.29) is 11.8 Å². The van der Waals surface area contributed by atoms with Crippen LogP contribution in [0.25, 0.3) is 0 Å². The fraction of sp³-hybridized carbons (Fsp3) is 0.235. The van der Waals surface area contributed by atoms with E-state index in [1.54, 1.807) is 17.0 Å². The van der Waals surface area contributed by atoms with Gasteiger partial charge in [0.25, 0.3) is 0 Å². The summed E-state index contributed by atoms with van der Waals surface area (Å²) in [6.07, 6.45) is 0. The predicted molar refractivity (Wildman–Crippen MR) is 93.3 cm³/mol. The average molecular weight is 378 g/mol. The molecule has 0 radical (unpaired) electrons. The van der Waals surface area contributed by atoms with Gasteiger partial charge in [-0.2, -0.15) is 0 Å². The molecule has 1 fully saturated rings. The van der Waals surface area contributed by atoms with Gasteiger partial charge in [-0.3, -0.25) is 0 Å². The first-order valence-corrected chi connectivity index (χ1v) is 8.23. The van der Waals surface area contributed by atoms with Gasteiger partial charge in [-0.1, -0.05) is 28.1 Å². The molecule has 4 nitrogen and oxygen atoms in total. The molecule has 0 aromatic heterocycles. The van der Waals surface area contributed by atoms with E-state index in [1.807, 2.05) is 12.1 Å². The molecule has 1 aliphatic rings. The first-order chi connectivity index (χ1) is 11.1. The molecule has 120 valence electrons. The SMILES string of the molecule is O=C(Nc1cccc(F)c1)N1CCN(c2cccc(Br)c2)CC1. The summed E-state index contributed by atoms with van der Waals surface area (Å²) in [5.41, 5.74) is 1.62. The molecule has 0 spiro atoms. The summed E-state index contributed by atoms with van der Waals surface area (Å²) >= 11 is 3.47. The van der Waals surface area contributed by atoms with Crippen LogP contribution in [0.15, 0.2) is 53.0 Å². The van der Waals surface area contributed by atoms with Crippen LogP contribution in [0.4, 0.5) is 20.6 Å². The van der Waals surface area contributed by atoms with Gasteiger partial charge in [-0.25, -0.2) is 9.18 Å². The number of rotatable bonds is 2. The molecule has 2 aromatic carbocycles. The zero-order valence-electron chi connectivity index (χ0n) is 12.5. The van der Waals surface area contributed by atoms with Crippen molar-refractivity contribution in [3.63, 3.8) is 0 Å². The molecule has 0 atom stereocenters. The van der Waals surface area contributed by atoms with Gasteiger partial charge >= 0.3 is 6.03 Å². The quantitative estimate of drug-likeness (QED) is 0.859. The minimum absolute atomic E-state index is 0.190. The van der Waals surface area contributed by atoms with Gasteiger partial charge in [-0.05, 0) is 36.4 Å². The Morgan fingerprint density at radius 1 is 1.04 bits per heavy atom. The van der Waals surface area contributed by atoms with Crippen molar-refractivity contribution in [3.8, 4) is 0 Å². The van der Waals surface area contributed by atoms with Crippen LogP contribution in [-0.4, -0.2) is 37.1 Å². The molecule has 2 amide bonds. The van der Waals surface area contributed by atoms with Crippen LogP contribution >= 0.6 is 15.9 Å². The van der Waals surface area contributed by atoms with Crippen LogP contribution in [0.2, 0.25) is 0 Å². The largest absolute Gasteiger partial charge is 0.368 e. The topological polar surface area (TPSA) is 35.6 Å². The lowest BCUT2D eigenvalue weighted by Crippen LogP contribution is -2.50. The number of nitrogens with one attached hydrogen (secondary N) is 1. The second kappa shape index (κ2) is 7.00. The van der Waals surface area contributed by atoms with Crippen LogP contribution in [0.3, 0.4) is 0 Å². The number of benzene rings is 2. The molecule has 2 aromatic rings. The van der Waals surface area contributed by atoms with Crippen molar-refractivity contribution in [1.29, 1.82) is 0 Å². The highest BCUT2D eigenvalue weighted by atomic mass is 79.9. The van der Waals surface area contributed by atoms with Gasteiger partial charge in [0.1, 0.15) is 5.82 Å².